The number of hydrogen-bond donors (Lipinski definition) is 0. The zero-order chi connectivity index (χ0) is 12.8. The van der Waals surface area contributed by atoms with E-state index in [9.17, 15) is 35.1 Å². The zero-order valence-electron chi connectivity index (χ0n) is 7.20. The first-order valence-electron chi connectivity index (χ1n) is 3.76. The highest BCUT2D eigenvalue weighted by molar-refractivity contribution is 4.85. The SMILES string of the molecule is FC1(F)OCC(C(F)(F)F)C(C(F)(F)F)O1. The van der Waals surface area contributed by atoms with Crippen molar-refractivity contribution in [2.45, 2.75) is 24.8 Å². The molecule has 0 aliphatic carbocycles. The summed E-state index contributed by atoms with van der Waals surface area (Å²) in [4.78, 5) is 0. The van der Waals surface area contributed by atoms with Crippen molar-refractivity contribution < 1.29 is 44.6 Å². The molecule has 0 aromatic rings. The van der Waals surface area contributed by atoms with Crippen LogP contribution in [0.5, 0.6) is 0 Å². The van der Waals surface area contributed by atoms with Crippen LogP contribution in [0.15, 0.2) is 0 Å². The van der Waals surface area contributed by atoms with Gasteiger partial charge in [-0.15, -0.1) is 8.78 Å². The Morgan fingerprint density at radius 2 is 1.44 bits per heavy atom. The van der Waals surface area contributed by atoms with Crippen LogP contribution in [0.2, 0.25) is 0 Å². The molecule has 1 aliphatic rings. The van der Waals surface area contributed by atoms with Gasteiger partial charge < -0.3 is 0 Å². The van der Waals surface area contributed by atoms with Crippen molar-refractivity contribution in [3.8, 4) is 0 Å². The summed E-state index contributed by atoms with van der Waals surface area (Å²) in [7, 11) is 0. The van der Waals surface area contributed by atoms with Gasteiger partial charge in [0.05, 0.1) is 6.61 Å². The van der Waals surface area contributed by atoms with E-state index in [0.29, 0.717) is 0 Å². The number of ether oxygens (including phenoxy) is 2. The van der Waals surface area contributed by atoms with Crippen LogP contribution < -0.4 is 0 Å². The summed E-state index contributed by atoms with van der Waals surface area (Å²) in [6.45, 7) is -1.80. The lowest BCUT2D eigenvalue weighted by Gasteiger charge is -2.37. The van der Waals surface area contributed by atoms with Gasteiger partial charge in [-0.3, -0.25) is 9.47 Å². The van der Waals surface area contributed by atoms with Gasteiger partial charge in [0.25, 0.3) is 0 Å². The molecule has 2 unspecified atom stereocenters. The summed E-state index contributed by atoms with van der Waals surface area (Å²) in [6, 6.07) is 0. The van der Waals surface area contributed by atoms with Crippen LogP contribution >= 0.6 is 0 Å². The van der Waals surface area contributed by atoms with Crippen LogP contribution in [0.25, 0.3) is 0 Å². The summed E-state index contributed by atoms with van der Waals surface area (Å²) in [5.41, 5.74) is 0. The van der Waals surface area contributed by atoms with Crippen molar-refractivity contribution in [1.82, 2.24) is 0 Å². The van der Waals surface area contributed by atoms with Crippen molar-refractivity contribution in [1.29, 1.82) is 0 Å². The first-order valence-corrected chi connectivity index (χ1v) is 3.76. The fourth-order valence-electron chi connectivity index (χ4n) is 1.10. The van der Waals surface area contributed by atoms with E-state index in [1.54, 1.807) is 0 Å². The lowest BCUT2D eigenvalue weighted by atomic mass is 10.0. The van der Waals surface area contributed by atoms with E-state index in [2.05, 4.69) is 9.47 Å². The van der Waals surface area contributed by atoms with Gasteiger partial charge >= 0.3 is 18.6 Å². The Kier molecular flexibility index (Phi) is 3.10. The third-order valence-corrected chi connectivity index (χ3v) is 1.80. The van der Waals surface area contributed by atoms with Gasteiger partial charge in [0.2, 0.25) is 0 Å². The maximum Gasteiger partial charge on any atom is 0.486 e. The smallest absolute Gasteiger partial charge is 0.295 e. The average molecular weight is 260 g/mol. The van der Waals surface area contributed by atoms with Crippen LogP contribution in [0.4, 0.5) is 35.1 Å². The largest absolute Gasteiger partial charge is 0.486 e. The highest BCUT2D eigenvalue weighted by Crippen LogP contribution is 2.44. The molecule has 0 spiro atoms. The second-order valence-electron chi connectivity index (χ2n) is 3.00. The molecule has 2 atom stereocenters. The quantitative estimate of drug-likeness (QED) is 0.623. The van der Waals surface area contributed by atoms with E-state index < -0.39 is 37.3 Å². The molecule has 0 N–H and O–H groups in total. The fourth-order valence-corrected chi connectivity index (χ4v) is 1.10. The molecular formula is C6H4F8O2. The van der Waals surface area contributed by atoms with Gasteiger partial charge in [-0.2, -0.15) is 26.3 Å². The average Bonchev–Trinajstić information content (AvgIpc) is 1.97. The molecule has 1 rings (SSSR count). The van der Waals surface area contributed by atoms with Gasteiger partial charge in [0.1, 0.15) is 5.92 Å². The fraction of sp³-hybridized carbons (Fsp3) is 1.00. The summed E-state index contributed by atoms with van der Waals surface area (Å²) in [5.74, 6) is -3.16. The first-order chi connectivity index (χ1) is 6.93. The van der Waals surface area contributed by atoms with E-state index in [1.165, 1.54) is 0 Å². The standard InChI is InChI=1S/C6H4F8O2/c7-4(8,9)2-1-15-6(13,14)16-3(2)5(10,11)12/h2-3H,1H2. The van der Waals surface area contributed by atoms with Crippen LogP contribution in [-0.2, 0) is 9.47 Å². The van der Waals surface area contributed by atoms with E-state index in [1.807, 2.05) is 0 Å². The molecule has 1 heterocycles. The normalized spacial score (nSPS) is 31.5. The van der Waals surface area contributed by atoms with E-state index in [-0.39, 0.29) is 0 Å². The minimum Gasteiger partial charge on any atom is -0.295 e. The predicted octanol–water partition coefficient (Wildman–Crippen LogP) is 2.69. The van der Waals surface area contributed by atoms with Crippen molar-refractivity contribution in [2.75, 3.05) is 6.61 Å². The summed E-state index contributed by atoms with van der Waals surface area (Å²) in [5, 5.41) is 0. The van der Waals surface area contributed by atoms with Gasteiger partial charge in [-0.1, -0.05) is 0 Å². The Balaban J connectivity index is 2.94. The minimum atomic E-state index is -5.55. The van der Waals surface area contributed by atoms with Gasteiger partial charge in [0.15, 0.2) is 6.10 Å². The maximum absolute atomic E-state index is 12.2. The van der Waals surface area contributed by atoms with Crippen molar-refractivity contribution in [2.24, 2.45) is 5.92 Å². The Morgan fingerprint density at radius 3 is 1.81 bits per heavy atom. The molecule has 1 saturated heterocycles. The molecule has 1 aliphatic heterocycles. The monoisotopic (exact) mass is 260 g/mol. The Labute approximate surface area is 83.1 Å². The molecule has 2 nitrogen and oxygen atoms in total. The second kappa shape index (κ2) is 3.69. The van der Waals surface area contributed by atoms with Crippen molar-refractivity contribution in [3.05, 3.63) is 0 Å². The van der Waals surface area contributed by atoms with Crippen LogP contribution in [-0.4, -0.2) is 31.4 Å². The van der Waals surface area contributed by atoms with Gasteiger partial charge in [-0.05, 0) is 0 Å². The molecular weight excluding hydrogens is 256 g/mol. The molecule has 0 aromatic carbocycles. The number of hydrogen-bond acceptors (Lipinski definition) is 2. The molecule has 0 amide bonds. The number of rotatable bonds is 0. The summed E-state index contributed by atoms with van der Waals surface area (Å²) >= 11 is 0. The maximum atomic E-state index is 12.2. The highest BCUT2D eigenvalue weighted by Gasteiger charge is 2.63. The Hall–Kier alpha value is -0.640. The Bertz CT molecular complexity index is 256. The third kappa shape index (κ3) is 2.94. The topological polar surface area (TPSA) is 18.5 Å². The molecule has 0 saturated carbocycles. The Morgan fingerprint density at radius 1 is 0.938 bits per heavy atom. The molecule has 96 valence electrons. The van der Waals surface area contributed by atoms with E-state index in [0.717, 1.165) is 0 Å². The summed E-state index contributed by atoms with van der Waals surface area (Å²) < 4.78 is 103. The third-order valence-electron chi connectivity index (χ3n) is 1.80. The van der Waals surface area contributed by atoms with E-state index >= 15 is 0 Å². The molecule has 1 fully saturated rings. The zero-order valence-corrected chi connectivity index (χ0v) is 7.20. The number of halogens is 8. The molecule has 0 bridgehead atoms. The van der Waals surface area contributed by atoms with Crippen LogP contribution in [0, 0.1) is 5.92 Å². The second-order valence-corrected chi connectivity index (χ2v) is 3.00. The van der Waals surface area contributed by atoms with Gasteiger partial charge in [0, 0.05) is 0 Å². The molecule has 0 aromatic heterocycles. The first kappa shape index (κ1) is 13.4. The van der Waals surface area contributed by atoms with Crippen molar-refractivity contribution in [3.63, 3.8) is 0 Å². The van der Waals surface area contributed by atoms with Gasteiger partial charge in [-0.25, -0.2) is 0 Å². The van der Waals surface area contributed by atoms with Crippen LogP contribution in [0.3, 0.4) is 0 Å². The van der Waals surface area contributed by atoms with E-state index in [4.69, 9.17) is 0 Å². The highest BCUT2D eigenvalue weighted by atomic mass is 19.4. The molecule has 0 radical (unpaired) electrons. The lowest BCUT2D eigenvalue weighted by Crippen LogP contribution is -2.55. The number of alkyl halides is 8. The molecule has 10 heteroatoms. The summed E-state index contributed by atoms with van der Waals surface area (Å²) in [6.07, 6.45) is -19.2. The lowest BCUT2D eigenvalue weighted by molar-refractivity contribution is -0.479. The van der Waals surface area contributed by atoms with Crippen LogP contribution in [0.1, 0.15) is 0 Å². The predicted molar refractivity (Wildman–Crippen MR) is 31.4 cm³/mol. The van der Waals surface area contributed by atoms with Crippen molar-refractivity contribution >= 4 is 0 Å². The minimum absolute atomic E-state index is 1.80. The molecule has 16 heavy (non-hydrogen) atoms.